The van der Waals surface area contributed by atoms with Gasteiger partial charge in [-0.1, -0.05) is 37.3 Å². The van der Waals surface area contributed by atoms with Gasteiger partial charge in [-0.3, -0.25) is 9.59 Å². The zero-order valence-electron chi connectivity index (χ0n) is 15.9. The molecule has 2 N–H and O–H groups in total. The number of rotatable bonds is 5. The summed E-state index contributed by atoms with van der Waals surface area (Å²) in [7, 11) is 0. The first-order valence-electron chi connectivity index (χ1n) is 9.41. The van der Waals surface area contributed by atoms with Crippen molar-refractivity contribution >= 4 is 12.0 Å². The quantitative estimate of drug-likeness (QED) is 0.828. The lowest BCUT2D eigenvalue weighted by molar-refractivity contribution is -0.143. The molecule has 28 heavy (non-hydrogen) atoms. The molecule has 1 aromatic heterocycles. The number of carboxylic acid groups (broad SMARTS) is 1. The maximum Gasteiger partial charge on any atom is 0.317 e. The first-order valence-corrected chi connectivity index (χ1v) is 9.41. The lowest BCUT2D eigenvalue weighted by Crippen LogP contribution is -2.49. The van der Waals surface area contributed by atoms with E-state index in [1.165, 1.54) is 6.07 Å². The summed E-state index contributed by atoms with van der Waals surface area (Å²) < 4.78 is 1.63. The van der Waals surface area contributed by atoms with Crippen LogP contribution in [0.15, 0.2) is 53.5 Å². The molecule has 0 aliphatic carbocycles. The number of aliphatic carboxylic acids is 1. The Kier molecular flexibility index (Phi) is 6.13. The number of nitrogens with one attached hydrogen (secondary N) is 1. The number of aromatic nitrogens is 1. The van der Waals surface area contributed by atoms with E-state index in [4.69, 9.17) is 0 Å². The first-order chi connectivity index (χ1) is 13.4. The van der Waals surface area contributed by atoms with E-state index in [-0.39, 0.29) is 24.1 Å². The summed E-state index contributed by atoms with van der Waals surface area (Å²) in [5, 5.41) is 12.1. The molecule has 2 atom stereocenters. The molecule has 1 saturated heterocycles. The van der Waals surface area contributed by atoms with E-state index >= 15 is 0 Å². The number of urea groups is 1. The Morgan fingerprint density at radius 1 is 1.11 bits per heavy atom. The Bertz CT molecular complexity index is 891. The number of carbonyl (C=O) groups excluding carboxylic acids is 1. The van der Waals surface area contributed by atoms with Gasteiger partial charge >= 0.3 is 12.0 Å². The molecule has 7 heteroatoms. The van der Waals surface area contributed by atoms with Gasteiger partial charge in [0.15, 0.2) is 0 Å². The predicted molar refractivity (Wildman–Crippen MR) is 105 cm³/mol. The van der Waals surface area contributed by atoms with Gasteiger partial charge in [-0.15, -0.1) is 0 Å². The van der Waals surface area contributed by atoms with Crippen molar-refractivity contribution in [3.05, 3.63) is 70.1 Å². The molecule has 7 nitrogen and oxygen atoms in total. The Morgan fingerprint density at radius 3 is 2.50 bits per heavy atom. The van der Waals surface area contributed by atoms with Crippen LogP contribution in [0.25, 0.3) is 0 Å². The van der Waals surface area contributed by atoms with Gasteiger partial charge in [-0.2, -0.15) is 0 Å². The van der Waals surface area contributed by atoms with Crippen LogP contribution < -0.4 is 10.9 Å². The van der Waals surface area contributed by atoms with Gasteiger partial charge in [0.05, 0.1) is 12.5 Å². The number of nitrogens with zero attached hydrogens (tertiary/aromatic N) is 2. The second-order valence-corrected chi connectivity index (χ2v) is 7.42. The van der Waals surface area contributed by atoms with Gasteiger partial charge in [0.2, 0.25) is 0 Å². The van der Waals surface area contributed by atoms with Crippen LogP contribution in [0.5, 0.6) is 0 Å². The summed E-state index contributed by atoms with van der Waals surface area (Å²) in [6.45, 7) is 3.64. The summed E-state index contributed by atoms with van der Waals surface area (Å²) in [5.74, 6) is -1.19. The van der Waals surface area contributed by atoms with Crippen molar-refractivity contribution in [3.63, 3.8) is 0 Å². The van der Waals surface area contributed by atoms with Crippen LogP contribution in [-0.4, -0.2) is 39.7 Å². The highest BCUT2D eigenvalue weighted by Gasteiger charge is 2.31. The van der Waals surface area contributed by atoms with Crippen molar-refractivity contribution in [1.82, 2.24) is 14.8 Å². The van der Waals surface area contributed by atoms with Crippen molar-refractivity contribution < 1.29 is 14.7 Å². The Labute approximate surface area is 163 Å². The van der Waals surface area contributed by atoms with Crippen LogP contribution in [0.2, 0.25) is 0 Å². The van der Waals surface area contributed by atoms with Crippen LogP contribution in [0.3, 0.4) is 0 Å². The fourth-order valence-electron chi connectivity index (χ4n) is 3.54. The van der Waals surface area contributed by atoms with Crippen molar-refractivity contribution in [3.8, 4) is 0 Å². The summed E-state index contributed by atoms with van der Waals surface area (Å²) in [5.41, 5.74) is 1.89. The number of amides is 2. The largest absolute Gasteiger partial charge is 0.481 e. The van der Waals surface area contributed by atoms with Crippen molar-refractivity contribution in [2.24, 2.45) is 11.8 Å². The van der Waals surface area contributed by atoms with Gasteiger partial charge in [0.1, 0.15) is 0 Å². The topological polar surface area (TPSA) is 91.6 Å². The summed E-state index contributed by atoms with van der Waals surface area (Å²) in [4.78, 5) is 37.0. The molecule has 1 aliphatic rings. The van der Waals surface area contributed by atoms with Crippen LogP contribution >= 0.6 is 0 Å². The summed E-state index contributed by atoms with van der Waals surface area (Å²) in [6.07, 6.45) is 2.35. The second-order valence-electron chi connectivity index (χ2n) is 7.42. The fraction of sp³-hybridized carbons (Fsp3) is 0.381. The van der Waals surface area contributed by atoms with Gasteiger partial charge < -0.3 is 19.9 Å². The molecule has 0 saturated carbocycles. The van der Waals surface area contributed by atoms with Crippen molar-refractivity contribution in [2.45, 2.75) is 26.4 Å². The molecule has 0 radical (unpaired) electrons. The predicted octanol–water partition coefficient (Wildman–Crippen LogP) is 2.15. The Balaban J connectivity index is 1.54. The molecule has 2 amide bonds. The summed E-state index contributed by atoms with van der Waals surface area (Å²) >= 11 is 0. The van der Waals surface area contributed by atoms with E-state index in [1.54, 1.807) is 21.7 Å². The number of carbonyl (C=O) groups is 2. The number of likely N-dealkylation sites (tertiary alicyclic amines) is 1. The zero-order chi connectivity index (χ0) is 20.1. The van der Waals surface area contributed by atoms with Crippen molar-refractivity contribution in [2.75, 3.05) is 13.1 Å². The standard InChI is InChI=1S/C21H25N3O4/c1-15-10-18(20(26)27)14-24(12-15)21(28)22-11-16-5-7-17(8-6-16)13-23-9-3-2-4-19(23)25/h2-9,15,18H,10-14H2,1H3,(H,22,28)(H,26,27). The third-order valence-electron chi connectivity index (χ3n) is 5.01. The Hall–Kier alpha value is -3.09. The maximum atomic E-state index is 12.4. The fourth-order valence-corrected chi connectivity index (χ4v) is 3.54. The minimum Gasteiger partial charge on any atom is -0.481 e. The Morgan fingerprint density at radius 2 is 1.82 bits per heavy atom. The van der Waals surface area contributed by atoms with Gasteiger partial charge in [-0.25, -0.2) is 4.79 Å². The average Bonchev–Trinajstić information content (AvgIpc) is 2.68. The lowest BCUT2D eigenvalue weighted by atomic mass is 9.91. The van der Waals surface area contributed by atoms with Crippen LogP contribution in [0.1, 0.15) is 24.5 Å². The van der Waals surface area contributed by atoms with Gasteiger partial charge in [0, 0.05) is 31.9 Å². The molecular weight excluding hydrogens is 358 g/mol. The van der Waals surface area contributed by atoms with E-state index in [9.17, 15) is 19.5 Å². The maximum absolute atomic E-state index is 12.4. The highest BCUT2D eigenvalue weighted by Crippen LogP contribution is 2.21. The third kappa shape index (κ3) is 5.00. The molecule has 0 spiro atoms. The minimum absolute atomic E-state index is 0.0470. The number of hydrogen-bond acceptors (Lipinski definition) is 3. The van der Waals surface area contributed by atoms with E-state index < -0.39 is 11.9 Å². The van der Waals surface area contributed by atoms with Gasteiger partial charge in [0.25, 0.3) is 5.56 Å². The highest BCUT2D eigenvalue weighted by molar-refractivity contribution is 5.76. The molecule has 1 aromatic carbocycles. The SMILES string of the molecule is CC1CC(C(=O)O)CN(C(=O)NCc2ccc(Cn3ccccc3=O)cc2)C1. The van der Waals surface area contributed by atoms with E-state index in [0.29, 0.717) is 26.1 Å². The molecule has 3 rings (SSSR count). The zero-order valence-corrected chi connectivity index (χ0v) is 15.9. The summed E-state index contributed by atoms with van der Waals surface area (Å²) in [6, 6.07) is 12.5. The van der Waals surface area contributed by atoms with Gasteiger partial charge in [-0.05, 0) is 29.5 Å². The van der Waals surface area contributed by atoms with Crippen LogP contribution in [0.4, 0.5) is 4.79 Å². The minimum atomic E-state index is -0.850. The monoisotopic (exact) mass is 383 g/mol. The number of hydrogen-bond donors (Lipinski definition) is 2. The number of pyridine rings is 1. The molecule has 0 bridgehead atoms. The number of carboxylic acids is 1. The molecule has 2 aromatic rings. The first kappa shape index (κ1) is 19.7. The van der Waals surface area contributed by atoms with Crippen molar-refractivity contribution in [1.29, 1.82) is 0 Å². The van der Waals surface area contributed by atoms with E-state index in [1.807, 2.05) is 37.3 Å². The molecule has 2 heterocycles. The molecule has 1 aliphatic heterocycles. The van der Waals surface area contributed by atoms with E-state index in [0.717, 1.165) is 11.1 Å². The molecule has 148 valence electrons. The number of piperidine rings is 1. The molecular formula is C21H25N3O4. The smallest absolute Gasteiger partial charge is 0.317 e. The molecule has 1 fully saturated rings. The lowest BCUT2D eigenvalue weighted by Gasteiger charge is -2.34. The van der Waals surface area contributed by atoms with Crippen LogP contribution in [-0.2, 0) is 17.9 Å². The average molecular weight is 383 g/mol. The molecule has 2 unspecified atom stereocenters. The third-order valence-corrected chi connectivity index (χ3v) is 5.01. The van der Waals surface area contributed by atoms with E-state index in [2.05, 4.69) is 5.32 Å². The van der Waals surface area contributed by atoms with Crippen LogP contribution in [0, 0.1) is 11.8 Å². The second kappa shape index (κ2) is 8.73. The highest BCUT2D eigenvalue weighted by atomic mass is 16.4. The normalized spacial score (nSPS) is 19.2. The number of benzene rings is 1.